The highest BCUT2D eigenvalue weighted by atomic mass is 19.1. The highest BCUT2D eigenvalue weighted by molar-refractivity contribution is 6.00. The van der Waals surface area contributed by atoms with E-state index < -0.39 is 0 Å². The van der Waals surface area contributed by atoms with Gasteiger partial charge in [0.15, 0.2) is 0 Å². The normalized spacial score (nSPS) is 11.7. The lowest BCUT2D eigenvalue weighted by Gasteiger charge is -2.20. The van der Waals surface area contributed by atoms with Crippen molar-refractivity contribution < 1.29 is 18.3 Å². The Morgan fingerprint density at radius 2 is 1.80 bits per heavy atom. The van der Waals surface area contributed by atoms with Crippen LogP contribution in [0.25, 0.3) is 27.7 Å². The second-order valence-corrected chi connectivity index (χ2v) is 7.36. The summed E-state index contributed by atoms with van der Waals surface area (Å²) >= 11 is 0. The number of allylic oxidation sites excluding steroid dienone is 1. The molecule has 0 aliphatic carbocycles. The van der Waals surface area contributed by atoms with Gasteiger partial charge < -0.3 is 14.1 Å². The van der Waals surface area contributed by atoms with Crippen LogP contribution in [0.2, 0.25) is 0 Å². The Morgan fingerprint density at radius 3 is 2.40 bits per heavy atom. The zero-order chi connectivity index (χ0) is 21.7. The summed E-state index contributed by atoms with van der Waals surface area (Å²) in [6.07, 6.45) is 5.18. The van der Waals surface area contributed by atoms with Crippen molar-refractivity contribution in [2.24, 2.45) is 0 Å². The molecule has 0 unspecified atom stereocenters. The number of ether oxygens (including phenoxy) is 1. The number of hydrogen-bond donors (Lipinski definition) is 0. The maximum atomic E-state index is 13.3. The third-order valence-corrected chi connectivity index (χ3v) is 5.11. The minimum atomic E-state index is -0.282. The topological polar surface area (TPSA) is 42.7 Å². The molecule has 4 nitrogen and oxygen atoms in total. The van der Waals surface area contributed by atoms with E-state index in [1.807, 2.05) is 24.0 Å². The molecule has 1 heterocycles. The molecule has 1 amide bonds. The Labute approximate surface area is 176 Å². The van der Waals surface area contributed by atoms with E-state index in [1.165, 1.54) is 12.1 Å². The number of nitrogens with zero attached hydrogens (tertiary/aromatic N) is 1. The number of hydrogen-bond acceptors (Lipinski definition) is 3. The summed E-state index contributed by atoms with van der Waals surface area (Å²) in [5.74, 6) is 0.362. The minimum Gasteiger partial charge on any atom is -0.496 e. The Hall–Kier alpha value is -3.08. The first kappa shape index (κ1) is 21.6. The Balaban J connectivity index is 2.04. The van der Waals surface area contributed by atoms with Gasteiger partial charge in [0.25, 0.3) is 0 Å². The third-order valence-electron chi connectivity index (χ3n) is 5.11. The molecule has 158 valence electrons. The molecule has 5 heteroatoms. The molecule has 0 atom stereocenters. The molecule has 30 heavy (non-hydrogen) atoms. The molecule has 0 fully saturated rings. The van der Waals surface area contributed by atoms with Crippen LogP contribution in [0.4, 0.5) is 4.39 Å². The molecule has 3 aromatic rings. The van der Waals surface area contributed by atoms with Crippen LogP contribution in [-0.2, 0) is 4.79 Å². The first-order valence-electron chi connectivity index (χ1n) is 10.3. The summed E-state index contributed by atoms with van der Waals surface area (Å²) in [4.78, 5) is 14.7. The van der Waals surface area contributed by atoms with Crippen LogP contribution in [0.15, 0.2) is 53.2 Å². The predicted molar refractivity (Wildman–Crippen MR) is 119 cm³/mol. The molecule has 1 aromatic heterocycles. The summed E-state index contributed by atoms with van der Waals surface area (Å²) in [7, 11) is 1.60. The maximum absolute atomic E-state index is 13.3. The van der Waals surface area contributed by atoms with Gasteiger partial charge in [-0.3, -0.25) is 4.79 Å². The predicted octanol–water partition coefficient (Wildman–Crippen LogP) is 6.30. The Morgan fingerprint density at radius 1 is 1.13 bits per heavy atom. The van der Waals surface area contributed by atoms with Crippen molar-refractivity contribution in [3.05, 3.63) is 60.1 Å². The summed E-state index contributed by atoms with van der Waals surface area (Å²) in [5.41, 5.74) is 4.05. The largest absolute Gasteiger partial charge is 0.496 e. The second kappa shape index (κ2) is 9.61. The Kier molecular flexibility index (Phi) is 6.93. The molecule has 3 rings (SSSR count). The third kappa shape index (κ3) is 4.56. The van der Waals surface area contributed by atoms with Gasteiger partial charge >= 0.3 is 0 Å². The SMILES string of the molecule is CCCN(CCC)C(=O)/C=C(\C)c1cc2c(-c3ccc(F)cc3)coc2cc1OC. The lowest BCUT2D eigenvalue weighted by molar-refractivity contribution is -0.126. The first-order chi connectivity index (χ1) is 14.5. The van der Waals surface area contributed by atoms with Gasteiger partial charge in [0.05, 0.1) is 13.4 Å². The van der Waals surface area contributed by atoms with Crippen LogP contribution in [0.1, 0.15) is 39.2 Å². The van der Waals surface area contributed by atoms with Gasteiger partial charge in [-0.2, -0.15) is 0 Å². The number of benzene rings is 2. The fraction of sp³-hybridized carbons (Fsp3) is 0.320. The zero-order valence-corrected chi connectivity index (χ0v) is 18.0. The minimum absolute atomic E-state index is 0.00398. The standard InChI is InChI=1S/C25H28FNO3/c1-5-11-27(12-6-2)25(28)13-17(3)20-14-21-22(18-7-9-19(26)10-8-18)16-30-24(21)15-23(20)29-4/h7-10,13-16H,5-6,11-12H2,1-4H3/b17-13+. The van der Waals surface area contributed by atoms with E-state index >= 15 is 0 Å². The average Bonchev–Trinajstić information content (AvgIpc) is 3.16. The summed E-state index contributed by atoms with van der Waals surface area (Å²) in [6.45, 7) is 7.53. The van der Waals surface area contributed by atoms with Crippen LogP contribution >= 0.6 is 0 Å². The number of rotatable bonds is 8. The van der Waals surface area contributed by atoms with E-state index in [0.717, 1.165) is 53.6 Å². The van der Waals surface area contributed by atoms with E-state index in [4.69, 9.17) is 9.15 Å². The first-order valence-corrected chi connectivity index (χ1v) is 10.3. The molecule has 0 aliphatic rings. The Bertz CT molecular complexity index is 1040. The maximum Gasteiger partial charge on any atom is 0.246 e. The monoisotopic (exact) mass is 409 g/mol. The van der Waals surface area contributed by atoms with Crippen molar-refractivity contribution in [3.8, 4) is 16.9 Å². The smallest absolute Gasteiger partial charge is 0.246 e. The van der Waals surface area contributed by atoms with Crippen molar-refractivity contribution in [2.45, 2.75) is 33.6 Å². The highest BCUT2D eigenvalue weighted by Gasteiger charge is 2.16. The molecule has 0 aliphatic heterocycles. The van der Waals surface area contributed by atoms with Crippen molar-refractivity contribution in [1.82, 2.24) is 4.90 Å². The van der Waals surface area contributed by atoms with Crippen LogP contribution in [-0.4, -0.2) is 31.0 Å². The number of carbonyl (C=O) groups excluding carboxylic acids is 1. The average molecular weight is 410 g/mol. The van der Waals surface area contributed by atoms with Gasteiger partial charge in [0.1, 0.15) is 17.1 Å². The number of carbonyl (C=O) groups is 1. The van der Waals surface area contributed by atoms with E-state index in [9.17, 15) is 9.18 Å². The number of fused-ring (bicyclic) bond motifs is 1. The van der Waals surface area contributed by atoms with Gasteiger partial charge in [0, 0.05) is 41.7 Å². The molecular weight excluding hydrogens is 381 g/mol. The fourth-order valence-corrected chi connectivity index (χ4v) is 3.61. The second-order valence-electron chi connectivity index (χ2n) is 7.36. The number of amides is 1. The molecule has 0 radical (unpaired) electrons. The van der Waals surface area contributed by atoms with Crippen molar-refractivity contribution in [2.75, 3.05) is 20.2 Å². The molecule has 0 saturated heterocycles. The molecule has 0 saturated carbocycles. The van der Waals surface area contributed by atoms with Gasteiger partial charge in [-0.25, -0.2) is 4.39 Å². The highest BCUT2D eigenvalue weighted by Crippen LogP contribution is 2.37. The van der Waals surface area contributed by atoms with Crippen molar-refractivity contribution in [1.29, 1.82) is 0 Å². The molecule has 2 aromatic carbocycles. The van der Waals surface area contributed by atoms with Crippen molar-refractivity contribution in [3.63, 3.8) is 0 Å². The number of halogens is 1. The molecule has 0 N–H and O–H groups in total. The van der Waals surface area contributed by atoms with Gasteiger partial charge in [-0.1, -0.05) is 26.0 Å². The van der Waals surface area contributed by atoms with Crippen LogP contribution in [0.5, 0.6) is 5.75 Å². The molecule has 0 spiro atoms. The van der Waals surface area contributed by atoms with Gasteiger partial charge in [-0.15, -0.1) is 0 Å². The quantitative estimate of drug-likeness (QED) is 0.410. The van der Waals surface area contributed by atoms with Crippen LogP contribution in [0.3, 0.4) is 0 Å². The molecular formula is C25H28FNO3. The van der Waals surface area contributed by atoms with Crippen molar-refractivity contribution >= 4 is 22.4 Å². The van der Waals surface area contributed by atoms with E-state index in [2.05, 4.69) is 13.8 Å². The van der Waals surface area contributed by atoms with Gasteiger partial charge in [-0.05, 0) is 49.1 Å². The van der Waals surface area contributed by atoms with E-state index in [-0.39, 0.29) is 11.7 Å². The summed E-state index contributed by atoms with van der Waals surface area (Å²) in [5, 5.41) is 0.886. The van der Waals surface area contributed by atoms with E-state index in [0.29, 0.717) is 11.3 Å². The number of methoxy groups -OCH3 is 1. The summed E-state index contributed by atoms with van der Waals surface area (Å²) < 4.78 is 24.6. The van der Waals surface area contributed by atoms with E-state index in [1.54, 1.807) is 31.6 Å². The summed E-state index contributed by atoms with van der Waals surface area (Å²) in [6, 6.07) is 10.1. The zero-order valence-electron chi connectivity index (χ0n) is 18.0. The lowest BCUT2D eigenvalue weighted by atomic mass is 9.99. The lowest BCUT2D eigenvalue weighted by Crippen LogP contribution is -2.31. The van der Waals surface area contributed by atoms with Crippen LogP contribution < -0.4 is 4.74 Å². The van der Waals surface area contributed by atoms with Gasteiger partial charge in [0.2, 0.25) is 5.91 Å². The fourth-order valence-electron chi connectivity index (χ4n) is 3.61. The van der Waals surface area contributed by atoms with Crippen LogP contribution in [0, 0.1) is 5.82 Å². The molecule has 0 bridgehead atoms. The number of furan rings is 1.